The van der Waals surface area contributed by atoms with Crippen molar-refractivity contribution in [2.45, 2.75) is 20.5 Å². The summed E-state index contributed by atoms with van der Waals surface area (Å²) in [6, 6.07) is 17.6. The predicted molar refractivity (Wildman–Crippen MR) is 146 cm³/mol. The van der Waals surface area contributed by atoms with Gasteiger partial charge in [0.2, 0.25) is 0 Å². The van der Waals surface area contributed by atoms with Crippen LogP contribution in [0, 0.1) is 20.7 Å². The molecule has 0 saturated carbocycles. The molecule has 0 fully saturated rings. The van der Waals surface area contributed by atoms with E-state index in [2.05, 4.69) is 27.9 Å². The van der Waals surface area contributed by atoms with Crippen molar-refractivity contribution in [3.63, 3.8) is 0 Å². The van der Waals surface area contributed by atoms with E-state index in [0.717, 1.165) is 0 Å². The van der Waals surface area contributed by atoms with E-state index in [-0.39, 0.29) is 24.6 Å². The summed E-state index contributed by atoms with van der Waals surface area (Å²) in [5.74, 6) is -0.497. The number of halogens is 2. The molecule has 1 N–H and O–H groups in total. The fourth-order valence-corrected chi connectivity index (χ4v) is 4.06. The third-order valence-electron chi connectivity index (χ3n) is 4.93. The highest BCUT2D eigenvalue weighted by Gasteiger charge is 2.15. The van der Waals surface area contributed by atoms with Gasteiger partial charge in [0, 0.05) is 5.69 Å². The minimum Gasteiger partial charge on any atom is -0.490 e. The van der Waals surface area contributed by atoms with Gasteiger partial charge in [0.05, 0.1) is 22.3 Å². The fourth-order valence-electron chi connectivity index (χ4n) is 3.27. The zero-order valence-electron chi connectivity index (χ0n) is 20.2. The van der Waals surface area contributed by atoms with Gasteiger partial charge in [0.1, 0.15) is 24.1 Å². The van der Waals surface area contributed by atoms with Gasteiger partial charge in [-0.15, -0.1) is 0 Å². The van der Waals surface area contributed by atoms with Gasteiger partial charge in [0.25, 0.3) is 5.91 Å². The van der Waals surface area contributed by atoms with Crippen LogP contribution >= 0.6 is 22.6 Å². The van der Waals surface area contributed by atoms with Gasteiger partial charge < -0.3 is 19.5 Å². The molecular weight excluding hydrogens is 590 g/mol. The number of nitriles is 1. The maximum atomic E-state index is 13.5. The molecule has 1 amide bonds. The summed E-state index contributed by atoms with van der Waals surface area (Å²) in [7, 11) is 0. The van der Waals surface area contributed by atoms with E-state index in [9.17, 15) is 19.2 Å². The number of benzene rings is 3. The highest BCUT2D eigenvalue weighted by Crippen LogP contribution is 2.35. The second-order valence-corrected chi connectivity index (χ2v) is 8.77. The van der Waals surface area contributed by atoms with Crippen LogP contribution < -0.4 is 14.8 Å². The highest BCUT2D eigenvalue weighted by atomic mass is 127. The Labute approximate surface area is 228 Å². The molecule has 0 heterocycles. The van der Waals surface area contributed by atoms with Crippen molar-refractivity contribution in [2.75, 3.05) is 18.5 Å². The Bertz CT molecular complexity index is 1350. The van der Waals surface area contributed by atoms with Crippen LogP contribution in [-0.4, -0.2) is 25.1 Å². The molecule has 3 aromatic rings. The van der Waals surface area contributed by atoms with Crippen LogP contribution in [0.5, 0.6) is 11.5 Å². The Morgan fingerprint density at radius 1 is 1.05 bits per heavy atom. The molecule has 7 nitrogen and oxygen atoms in total. The van der Waals surface area contributed by atoms with E-state index in [1.54, 1.807) is 43.3 Å². The van der Waals surface area contributed by atoms with Crippen LogP contribution in [-0.2, 0) is 16.1 Å². The van der Waals surface area contributed by atoms with Crippen molar-refractivity contribution < 1.29 is 28.2 Å². The summed E-state index contributed by atoms with van der Waals surface area (Å²) in [5, 5.41) is 12.3. The summed E-state index contributed by atoms with van der Waals surface area (Å²) < 4.78 is 30.8. The van der Waals surface area contributed by atoms with Gasteiger partial charge in [0.15, 0.2) is 11.5 Å². The number of amides is 1. The lowest BCUT2D eigenvalue weighted by molar-refractivity contribution is -0.112. The lowest BCUT2D eigenvalue weighted by Crippen LogP contribution is -2.13. The standard InChI is InChI=1S/C28H24FIN2O5/c1-3-35-25-15-19(14-24(30)26(25)37-17-18-6-5-7-22(29)13-18)12-21(16-31)27(33)32-23-10-8-20(9-11-23)28(34)36-4-2/h5-15H,3-4,17H2,1-2H3,(H,32,33)/b21-12+. The molecule has 0 atom stereocenters. The summed E-state index contributed by atoms with van der Waals surface area (Å²) in [4.78, 5) is 24.5. The van der Waals surface area contributed by atoms with Crippen molar-refractivity contribution >= 4 is 46.2 Å². The van der Waals surface area contributed by atoms with Crippen molar-refractivity contribution in [1.82, 2.24) is 0 Å². The Balaban J connectivity index is 1.79. The summed E-state index contributed by atoms with van der Waals surface area (Å²) in [5.41, 5.74) is 1.89. The second-order valence-electron chi connectivity index (χ2n) is 7.60. The molecule has 0 aliphatic carbocycles. The number of rotatable bonds is 10. The van der Waals surface area contributed by atoms with E-state index in [1.807, 2.05) is 13.0 Å². The first-order valence-electron chi connectivity index (χ1n) is 11.4. The van der Waals surface area contributed by atoms with Crippen molar-refractivity contribution in [2.24, 2.45) is 0 Å². The number of nitrogens with zero attached hydrogens (tertiary/aromatic N) is 1. The van der Waals surface area contributed by atoms with Gasteiger partial charge >= 0.3 is 5.97 Å². The van der Waals surface area contributed by atoms with E-state index in [4.69, 9.17) is 14.2 Å². The minimum atomic E-state index is -0.606. The van der Waals surface area contributed by atoms with Gasteiger partial charge in [-0.2, -0.15) is 5.26 Å². The van der Waals surface area contributed by atoms with E-state index in [0.29, 0.717) is 44.1 Å². The monoisotopic (exact) mass is 614 g/mol. The molecule has 0 saturated heterocycles. The van der Waals surface area contributed by atoms with Crippen LogP contribution in [0.2, 0.25) is 0 Å². The molecule has 3 aromatic carbocycles. The Kier molecular flexibility index (Phi) is 10.0. The molecule has 0 aromatic heterocycles. The molecule has 0 radical (unpaired) electrons. The first-order valence-corrected chi connectivity index (χ1v) is 12.5. The molecule has 0 aliphatic heterocycles. The van der Waals surface area contributed by atoms with Crippen LogP contribution in [0.15, 0.2) is 66.2 Å². The van der Waals surface area contributed by atoms with Gasteiger partial charge in [-0.25, -0.2) is 9.18 Å². The molecule has 0 aliphatic rings. The molecule has 0 bridgehead atoms. The lowest BCUT2D eigenvalue weighted by atomic mass is 10.1. The van der Waals surface area contributed by atoms with E-state index < -0.39 is 11.9 Å². The maximum Gasteiger partial charge on any atom is 0.338 e. The molecule has 0 spiro atoms. The summed E-state index contributed by atoms with van der Waals surface area (Å²) in [6.07, 6.45) is 1.45. The smallest absolute Gasteiger partial charge is 0.338 e. The number of anilines is 1. The summed E-state index contributed by atoms with van der Waals surface area (Å²) >= 11 is 2.08. The highest BCUT2D eigenvalue weighted by molar-refractivity contribution is 14.1. The zero-order chi connectivity index (χ0) is 26.8. The predicted octanol–water partition coefficient (Wildman–Crippen LogP) is 6.13. The number of ether oxygens (including phenoxy) is 3. The van der Waals surface area contributed by atoms with Crippen LogP contribution in [0.3, 0.4) is 0 Å². The van der Waals surface area contributed by atoms with Crippen molar-refractivity contribution in [1.29, 1.82) is 5.26 Å². The van der Waals surface area contributed by atoms with Crippen LogP contribution in [0.1, 0.15) is 35.3 Å². The van der Waals surface area contributed by atoms with Crippen molar-refractivity contribution in [3.8, 4) is 17.6 Å². The third kappa shape index (κ3) is 7.79. The first kappa shape index (κ1) is 27.7. The van der Waals surface area contributed by atoms with E-state index in [1.165, 1.54) is 30.3 Å². The summed E-state index contributed by atoms with van der Waals surface area (Å²) in [6.45, 7) is 4.32. The number of nitrogens with one attached hydrogen (secondary N) is 1. The normalized spacial score (nSPS) is 10.8. The third-order valence-corrected chi connectivity index (χ3v) is 5.74. The van der Waals surface area contributed by atoms with Crippen LogP contribution in [0.25, 0.3) is 6.08 Å². The fraction of sp³-hybridized carbons (Fsp3) is 0.179. The van der Waals surface area contributed by atoms with E-state index >= 15 is 0 Å². The zero-order valence-corrected chi connectivity index (χ0v) is 22.4. The molecule has 37 heavy (non-hydrogen) atoms. The quantitative estimate of drug-likeness (QED) is 0.128. The van der Waals surface area contributed by atoms with Crippen molar-refractivity contribution in [3.05, 3.63) is 92.3 Å². The molecular formula is C28H24FIN2O5. The second kappa shape index (κ2) is 13.4. The molecule has 0 unspecified atom stereocenters. The lowest BCUT2D eigenvalue weighted by Gasteiger charge is -2.15. The van der Waals surface area contributed by atoms with Gasteiger partial charge in [-0.3, -0.25) is 4.79 Å². The molecule has 3 rings (SSSR count). The average Bonchev–Trinajstić information content (AvgIpc) is 2.87. The number of carbonyl (C=O) groups is 2. The minimum absolute atomic E-state index is 0.124. The Hall–Kier alpha value is -3.91. The molecule has 190 valence electrons. The van der Waals surface area contributed by atoms with Crippen LogP contribution in [0.4, 0.5) is 10.1 Å². The number of carbonyl (C=O) groups excluding carboxylic acids is 2. The topological polar surface area (TPSA) is 97.7 Å². The largest absolute Gasteiger partial charge is 0.490 e. The Morgan fingerprint density at radius 2 is 1.81 bits per heavy atom. The Morgan fingerprint density at radius 3 is 2.46 bits per heavy atom. The van der Waals surface area contributed by atoms with Gasteiger partial charge in [-0.1, -0.05) is 12.1 Å². The SMILES string of the molecule is CCOC(=O)c1ccc(NC(=O)/C(C#N)=C/c2cc(I)c(OCc3cccc(F)c3)c(OCC)c2)cc1. The first-order chi connectivity index (χ1) is 17.8. The maximum absolute atomic E-state index is 13.5. The number of esters is 1. The number of hydrogen-bond acceptors (Lipinski definition) is 6. The number of hydrogen-bond donors (Lipinski definition) is 1. The molecule has 9 heteroatoms. The van der Waals surface area contributed by atoms with Gasteiger partial charge in [-0.05, 0) is 102 Å². The average molecular weight is 614 g/mol.